The lowest BCUT2D eigenvalue weighted by Crippen LogP contribution is -2.28. The van der Waals surface area contributed by atoms with E-state index in [9.17, 15) is 9.90 Å². The number of aryl methyl sites for hydroxylation is 2. The number of aliphatic hydroxyl groups is 1. The van der Waals surface area contributed by atoms with Crippen LogP contribution in [0.4, 0.5) is 0 Å². The topological polar surface area (TPSA) is 67.2 Å². The lowest BCUT2D eigenvalue weighted by atomic mass is 10.1. The third-order valence-electron chi connectivity index (χ3n) is 4.27. The predicted molar refractivity (Wildman–Crippen MR) is 101 cm³/mol. The smallest absolute Gasteiger partial charge is 0.251 e. The Hall–Kier alpha value is -2.92. The minimum Gasteiger partial charge on any atom is -0.387 e. The first-order valence-electron chi connectivity index (χ1n) is 8.64. The van der Waals surface area contributed by atoms with Gasteiger partial charge in [-0.05, 0) is 43.2 Å². The number of carbonyl (C=O) groups is 1. The first kappa shape index (κ1) is 17.9. The van der Waals surface area contributed by atoms with Crippen LogP contribution in [0.5, 0.6) is 0 Å². The van der Waals surface area contributed by atoms with Gasteiger partial charge in [0.2, 0.25) is 0 Å². The molecule has 0 radical (unpaired) electrons. The van der Waals surface area contributed by atoms with Gasteiger partial charge < -0.3 is 10.4 Å². The van der Waals surface area contributed by atoms with Gasteiger partial charge in [-0.25, -0.2) is 0 Å². The van der Waals surface area contributed by atoms with Crippen LogP contribution in [-0.4, -0.2) is 27.3 Å². The van der Waals surface area contributed by atoms with Crippen LogP contribution in [0, 0.1) is 13.8 Å². The monoisotopic (exact) mass is 349 g/mol. The maximum atomic E-state index is 12.4. The van der Waals surface area contributed by atoms with Gasteiger partial charge in [-0.2, -0.15) is 5.10 Å². The van der Waals surface area contributed by atoms with Crippen molar-refractivity contribution in [2.75, 3.05) is 6.54 Å². The molecule has 3 aromatic rings. The van der Waals surface area contributed by atoms with Crippen LogP contribution < -0.4 is 5.32 Å². The zero-order valence-corrected chi connectivity index (χ0v) is 15.0. The molecule has 0 fully saturated rings. The Bertz CT molecular complexity index is 887. The van der Waals surface area contributed by atoms with Crippen molar-refractivity contribution in [1.29, 1.82) is 0 Å². The van der Waals surface area contributed by atoms with Crippen molar-refractivity contribution < 1.29 is 9.90 Å². The summed E-state index contributed by atoms with van der Waals surface area (Å²) in [4.78, 5) is 12.4. The summed E-state index contributed by atoms with van der Waals surface area (Å²) in [7, 11) is 0. The molecule has 1 heterocycles. The van der Waals surface area contributed by atoms with E-state index >= 15 is 0 Å². The Labute approximate surface area is 153 Å². The maximum absolute atomic E-state index is 12.4. The van der Waals surface area contributed by atoms with Crippen LogP contribution in [0.15, 0.2) is 60.7 Å². The Morgan fingerprint density at radius 3 is 2.58 bits per heavy atom. The first-order chi connectivity index (χ1) is 12.5. The third-order valence-corrected chi connectivity index (χ3v) is 4.27. The van der Waals surface area contributed by atoms with Crippen molar-refractivity contribution in [3.63, 3.8) is 0 Å². The lowest BCUT2D eigenvalue weighted by Gasteiger charge is -2.13. The highest BCUT2D eigenvalue weighted by atomic mass is 16.3. The second-order valence-corrected chi connectivity index (χ2v) is 6.42. The molecule has 0 aliphatic heterocycles. The zero-order valence-electron chi connectivity index (χ0n) is 15.0. The van der Waals surface area contributed by atoms with Gasteiger partial charge in [0.15, 0.2) is 0 Å². The van der Waals surface area contributed by atoms with Gasteiger partial charge >= 0.3 is 0 Å². The fourth-order valence-corrected chi connectivity index (χ4v) is 2.90. The molecule has 2 N–H and O–H groups in total. The second-order valence-electron chi connectivity index (χ2n) is 6.42. The predicted octanol–water partition coefficient (Wildman–Crippen LogP) is 3.01. The summed E-state index contributed by atoms with van der Waals surface area (Å²) in [6, 6.07) is 18.8. The SMILES string of the molecule is Cc1cc(C)n(Cc2cccc(C(=O)NC[C@@H](O)c3ccccc3)c2)n1. The number of carbonyl (C=O) groups excluding carboxylic acids is 1. The number of hydrogen-bond acceptors (Lipinski definition) is 3. The van der Waals surface area contributed by atoms with Gasteiger partial charge in [0.05, 0.1) is 18.3 Å². The minimum absolute atomic E-state index is 0.171. The summed E-state index contributed by atoms with van der Waals surface area (Å²) >= 11 is 0. The first-order valence-corrected chi connectivity index (χ1v) is 8.64. The number of aliphatic hydroxyl groups excluding tert-OH is 1. The summed E-state index contributed by atoms with van der Waals surface area (Å²) in [5.41, 5.74) is 4.43. The van der Waals surface area contributed by atoms with Crippen molar-refractivity contribution in [3.05, 3.63) is 88.7 Å². The molecule has 26 heavy (non-hydrogen) atoms. The molecule has 5 nitrogen and oxygen atoms in total. The van der Waals surface area contributed by atoms with Crippen LogP contribution >= 0.6 is 0 Å². The molecule has 0 aliphatic carbocycles. The van der Waals surface area contributed by atoms with Gasteiger partial charge in [0.25, 0.3) is 5.91 Å². The van der Waals surface area contributed by atoms with Crippen molar-refractivity contribution in [1.82, 2.24) is 15.1 Å². The number of benzene rings is 2. The molecule has 0 spiro atoms. The molecular weight excluding hydrogens is 326 g/mol. The van der Waals surface area contributed by atoms with Crippen molar-refractivity contribution in [3.8, 4) is 0 Å². The van der Waals surface area contributed by atoms with E-state index in [4.69, 9.17) is 0 Å². The fourth-order valence-electron chi connectivity index (χ4n) is 2.90. The van der Waals surface area contributed by atoms with Crippen molar-refractivity contribution in [2.45, 2.75) is 26.5 Å². The molecule has 0 aliphatic rings. The van der Waals surface area contributed by atoms with Crippen LogP contribution in [0.2, 0.25) is 0 Å². The van der Waals surface area contributed by atoms with E-state index in [2.05, 4.69) is 10.4 Å². The molecule has 5 heteroatoms. The average molecular weight is 349 g/mol. The minimum atomic E-state index is -0.724. The molecular formula is C21H23N3O2. The Morgan fingerprint density at radius 1 is 1.12 bits per heavy atom. The number of nitrogens with one attached hydrogen (secondary N) is 1. The van der Waals surface area contributed by atoms with Crippen LogP contribution in [0.1, 0.15) is 39.0 Å². The van der Waals surface area contributed by atoms with E-state index in [1.807, 2.05) is 73.1 Å². The molecule has 3 rings (SSSR count). The second kappa shape index (κ2) is 7.97. The van der Waals surface area contributed by atoms with E-state index in [-0.39, 0.29) is 12.5 Å². The lowest BCUT2D eigenvalue weighted by molar-refractivity contribution is 0.0916. The standard InChI is InChI=1S/C21H23N3O2/c1-15-11-16(2)24(23-15)14-17-7-6-10-19(12-17)21(26)22-13-20(25)18-8-4-3-5-9-18/h3-12,20,25H,13-14H2,1-2H3,(H,22,26)/t20-/m1/s1. The van der Waals surface area contributed by atoms with E-state index < -0.39 is 6.10 Å². The summed E-state index contributed by atoms with van der Waals surface area (Å²) in [6.07, 6.45) is -0.724. The Morgan fingerprint density at radius 2 is 1.88 bits per heavy atom. The number of aromatic nitrogens is 2. The van der Waals surface area contributed by atoms with Crippen LogP contribution in [-0.2, 0) is 6.54 Å². The van der Waals surface area contributed by atoms with Crippen LogP contribution in [0.25, 0.3) is 0 Å². The average Bonchev–Trinajstić information content (AvgIpc) is 2.97. The largest absolute Gasteiger partial charge is 0.387 e. The number of nitrogens with zero attached hydrogens (tertiary/aromatic N) is 2. The molecule has 1 aromatic heterocycles. The van der Waals surface area contributed by atoms with E-state index in [1.54, 1.807) is 6.07 Å². The van der Waals surface area contributed by atoms with E-state index in [0.29, 0.717) is 12.1 Å². The molecule has 2 aromatic carbocycles. The van der Waals surface area contributed by atoms with E-state index in [0.717, 1.165) is 22.5 Å². The summed E-state index contributed by atoms with van der Waals surface area (Å²) in [6.45, 7) is 4.77. The summed E-state index contributed by atoms with van der Waals surface area (Å²) in [5.74, 6) is -0.199. The van der Waals surface area contributed by atoms with Gasteiger partial charge in [-0.1, -0.05) is 42.5 Å². The van der Waals surface area contributed by atoms with Gasteiger partial charge in [0, 0.05) is 17.8 Å². The maximum Gasteiger partial charge on any atom is 0.251 e. The quantitative estimate of drug-likeness (QED) is 0.719. The molecule has 1 atom stereocenters. The number of amides is 1. The summed E-state index contributed by atoms with van der Waals surface area (Å²) < 4.78 is 1.92. The molecule has 134 valence electrons. The van der Waals surface area contributed by atoms with Gasteiger partial charge in [0.1, 0.15) is 0 Å². The molecule has 0 bridgehead atoms. The molecule has 0 saturated carbocycles. The van der Waals surface area contributed by atoms with Gasteiger partial charge in [-0.15, -0.1) is 0 Å². The highest BCUT2D eigenvalue weighted by molar-refractivity contribution is 5.94. The number of hydrogen-bond donors (Lipinski definition) is 2. The fraction of sp³-hybridized carbons (Fsp3) is 0.238. The molecule has 1 amide bonds. The zero-order chi connectivity index (χ0) is 18.5. The highest BCUT2D eigenvalue weighted by Gasteiger charge is 2.11. The Balaban J connectivity index is 1.64. The van der Waals surface area contributed by atoms with E-state index in [1.165, 1.54) is 0 Å². The van der Waals surface area contributed by atoms with Crippen molar-refractivity contribution >= 4 is 5.91 Å². The van der Waals surface area contributed by atoms with Crippen LogP contribution in [0.3, 0.4) is 0 Å². The van der Waals surface area contributed by atoms with Crippen molar-refractivity contribution in [2.24, 2.45) is 0 Å². The highest BCUT2D eigenvalue weighted by Crippen LogP contribution is 2.12. The third kappa shape index (κ3) is 4.37. The normalized spacial score (nSPS) is 12.0. The summed E-state index contributed by atoms with van der Waals surface area (Å²) in [5, 5.41) is 17.4. The molecule has 0 saturated heterocycles. The number of rotatable bonds is 6. The Kier molecular flexibility index (Phi) is 5.49. The molecule has 0 unspecified atom stereocenters. The van der Waals surface area contributed by atoms with Gasteiger partial charge in [-0.3, -0.25) is 9.48 Å².